The fourth-order valence-corrected chi connectivity index (χ4v) is 2.94. The molecule has 0 aliphatic heterocycles. The SMILES string of the molecule is COc1ccc(C(C)CCNc2ccc(-c3nc(C)c(C)c(=O)[nH]3)cn2)cc1. The third kappa shape index (κ3) is 4.57. The molecule has 0 spiro atoms. The zero-order valence-electron chi connectivity index (χ0n) is 16.7. The lowest BCUT2D eigenvalue weighted by Gasteiger charge is -2.13. The van der Waals surface area contributed by atoms with Crippen molar-refractivity contribution in [3.8, 4) is 17.1 Å². The Morgan fingerprint density at radius 3 is 2.50 bits per heavy atom. The van der Waals surface area contributed by atoms with Gasteiger partial charge in [-0.05, 0) is 56.0 Å². The van der Waals surface area contributed by atoms with Gasteiger partial charge in [0.1, 0.15) is 17.4 Å². The van der Waals surface area contributed by atoms with Crippen LogP contribution in [0.3, 0.4) is 0 Å². The predicted molar refractivity (Wildman–Crippen MR) is 112 cm³/mol. The minimum atomic E-state index is -0.114. The number of hydrogen-bond donors (Lipinski definition) is 2. The Bertz CT molecular complexity index is 979. The second-order valence-electron chi connectivity index (χ2n) is 6.95. The number of H-pyrrole nitrogens is 1. The number of aryl methyl sites for hydroxylation is 1. The van der Waals surface area contributed by atoms with E-state index in [4.69, 9.17) is 4.74 Å². The van der Waals surface area contributed by atoms with Gasteiger partial charge in [-0.2, -0.15) is 0 Å². The van der Waals surface area contributed by atoms with Crippen molar-refractivity contribution in [2.75, 3.05) is 19.0 Å². The van der Waals surface area contributed by atoms with E-state index in [1.54, 1.807) is 20.2 Å². The number of aromatic nitrogens is 3. The quantitative estimate of drug-likeness (QED) is 0.648. The van der Waals surface area contributed by atoms with Crippen LogP contribution in [-0.4, -0.2) is 28.6 Å². The van der Waals surface area contributed by atoms with Crippen molar-refractivity contribution in [1.82, 2.24) is 15.0 Å². The highest BCUT2D eigenvalue weighted by Gasteiger charge is 2.08. The number of aromatic amines is 1. The van der Waals surface area contributed by atoms with Gasteiger partial charge in [0.15, 0.2) is 0 Å². The van der Waals surface area contributed by atoms with E-state index in [-0.39, 0.29) is 5.56 Å². The first-order valence-electron chi connectivity index (χ1n) is 9.39. The summed E-state index contributed by atoms with van der Waals surface area (Å²) in [6.45, 7) is 6.63. The molecule has 0 fully saturated rings. The van der Waals surface area contributed by atoms with E-state index in [0.29, 0.717) is 17.3 Å². The van der Waals surface area contributed by atoms with E-state index in [9.17, 15) is 4.79 Å². The summed E-state index contributed by atoms with van der Waals surface area (Å²) in [5.74, 6) is 2.65. The third-order valence-electron chi connectivity index (χ3n) is 5.00. The van der Waals surface area contributed by atoms with Crippen molar-refractivity contribution in [3.63, 3.8) is 0 Å². The number of methoxy groups -OCH3 is 1. The van der Waals surface area contributed by atoms with Crippen molar-refractivity contribution in [2.24, 2.45) is 0 Å². The summed E-state index contributed by atoms with van der Waals surface area (Å²) in [6, 6.07) is 12.0. The lowest BCUT2D eigenvalue weighted by molar-refractivity contribution is 0.414. The van der Waals surface area contributed by atoms with Gasteiger partial charge < -0.3 is 15.0 Å². The maximum Gasteiger partial charge on any atom is 0.254 e. The maximum atomic E-state index is 11.9. The van der Waals surface area contributed by atoms with Crippen LogP contribution in [0.1, 0.15) is 36.1 Å². The smallest absolute Gasteiger partial charge is 0.254 e. The molecule has 3 aromatic rings. The van der Waals surface area contributed by atoms with Crippen molar-refractivity contribution in [3.05, 3.63) is 69.8 Å². The molecule has 3 rings (SSSR count). The molecule has 2 aromatic heterocycles. The van der Waals surface area contributed by atoms with Gasteiger partial charge in [0.25, 0.3) is 5.56 Å². The van der Waals surface area contributed by atoms with Crippen LogP contribution in [0.4, 0.5) is 5.82 Å². The Labute approximate surface area is 165 Å². The van der Waals surface area contributed by atoms with Gasteiger partial charge in [-0.3, -0.25) is 4.79 Å². The van der Waals surface area contributed by atoms with Crippen molar-refractivity contribution in [2.45, 2.75) is 33.1 Å². The molecular formula is C22H26N4O2. The van der Waals surface area contributed by atoms with Gasteiger partial charge in [0, 0.05) is 29.6 Å². The molecule has 1 aromatic carbocycles. The van der Waals surface area contributed by atoms with Crippen LogP contribution in [0.2, 0.25) is 0 Å². The molecule has 6 nitrogen and oxygen atoms in total. The highest BCUT2D eigenvalue weighted by Crippen LogP contribution is 2.22. The molecule has 2 heterocycles. The monoisotopic (exact) mass is 378 g/mol. The van der Waals surface area contributed by atoms with Gasteiger partial charge in [0.2, 0.25) is 0 Å². The average molecular weight is 378 g/mol. The van der Waals surface area contributed by atoms with Crippen molar-refractivity contribution in [1.29, 1.82) is 0 Å². The molecule has 0 aliphatic rings. The lowest BCUT2D eigenvalue weighted by atomic mass is 9.98. The van der Waals surface area contributed by atoms with Gasteiger partial charge >= 0.3 is 0 Å². The molecule has 2 N–H and O–H groups in total. The van der Waals surface area contributed by atoms with E-state index in [1.165, 1.54) is 5.56 Å². The maximum absolute atomic E-state index is 11.9. The second-order valence-corrected chi connectivity index (χ2v) is 6.95. The van der Waals surface area contributed by atoms with Crippen LogP contribution in [0.15, 0.2) is 47.4 Å². The zero-order valence-corrected chi connectivity index (χ0v) is 16.7. The van der Waals surface area contributed by atoms with E-state index < -0.39 is 0 Å². The van der Waals surface area contributed by atoms with Crippen molar-refractivity contribution < 1.29 is 4.74 Å². The molecular weight excluding hydrogens is 352 g/mol. The number of pyridine rings is 1. The summed E-state index contributed by atoms with van der Waals surface area (Å²) in [4.78, 5) is 23.6. The van der Waals surface area contributed by atoms with Gasteiger partial charge in [-0.25, -0.2) is 9.97 Å². The van der Waals surface area contributed by atoms with Crippen LogP contribution < -0.4 is 15.6 Å². The minimum absolute atomic E-state index is 0.114. The molecule has 0 amide bonds. The third-order valence-corrected chi connectivity index (χ3v) is 5.00. The number of hydrogen-bond acceptors (Lipinski definition) is 5. The van der Waals surface area contributed by atoms with Gasteiger partial charge in [-0.1, -0.05) is 19.1 Å². The molecule has 0 radical (unpaired) electrons. The van der Waals surface area contributed by atoms with E-state index >= 15 is 0 Å². The molecule has 6 heteroatoms. The average Bonchev–Trinajstić information content (AvgIpc) is 2.72. The normalized spacial score (nSPS) is 11.9. The number of rotatable bonds is 7. The van der Waals surface area contributed by atoms with Crippen LogP contribution in [0.5, 0.6) is 5.75 Å². The highest BCUT2D eigenvalue weighted by atomic mass is 16.5. The van der Waals surface area contributed by atoms with Gasteiger partial charge in [0.05, 0.1) is 7.11 Å². The van der Waals surface area contributed by atoms with E-state index in [2.05, 4.69) is 39.3 Å². The van der Waals surface area contributed by atoms with Crippen LogP contribution in [0.25, 0.3) is 11.4 Å². The number of anilines is 1. The summed E-state index contributed by atoms with van der Waals surface area (Å²) in [7, 11) is 1.67. The first kappa shape index (κ1) is 19.6. The molecule has 0 bridgehead atoms. The predicted octanol–water partition coefficient (Wildman–Crippen LogP) is 4.06. The molecule has 0 saturated carbocycles. The van der Waals surface area contributed by atoms with Crippen LogP contribution >= 0.6 is 0 Å². The summed E-state index contributed by atoms with van der Waals surface area (Å²) in [5.41, 5.74) is 3.33. The lowest BCUT2D eigenvalue weighted by Crippen LogP contribution is -2.14. The Morgan fingerprint density at radius 1 is 1.14 bits per heavy atom. The summed E-state index contributed by atoms with van der Waals surface area (Å²) < 4.78 is 5.20. The molecule has 28 heavy (non-hydrogen) atoms. The Morgan fingerprint density at radius 2 is 1.89 bits per heavy atom. The largest absolute Gasteiger partial charge is 0.497 e. The fraction of sp³-hybridized carbons (Fsp3) is 0.318. The van der Waals surface area contributed by atoms with E-state index in [1.807, 2.05) is 31.2 Å². The summed E-state index contributed by atoms with van der Waals surface area (Å²) >= 11 is 0. The second kappa shape index (κ2) is 8.69. The molecule has 146 valence electrons. The van der Waals surface area contributed by atoms with Crippen molar-refractivity contribution >= 4 is 5.82 Å². The first-order valence-corrected chi connectivity index (χ1v) is 9.39. The standard InChI is InChI=1S/C22H26N4O2/c1-14(17-5-8-19(28-4)9-6-17)11-12-23-20-10-7-18(13-24-20)21-25-16(3)15(2)22(27)26-21/h5-10,13-14H,11-12H2,1-4H3,(H,23,24)(H,25,26,27). The topological polar surface area (TPSA) is 79.9 Å². The minimum Gasteiger partial charge on any atom is -0.497 e. The fourth-order valence-electron chi connectivity index (χ4n) is 2.94. The molecule has 1 atom stereocenters. The van der Waals surface area contributed by atoms with Crippen LogP contribution in [-0.2, 0) is 0 Å². The zero-order chi connectivity index (χ0) is 20.1. The number of ether oxygens (including phenoxy) is 1. The summed E-state index contributed by atoms with van der Waals surface area (Å²) in [5, 5.41) is 3.35. The molecule has 0 aliphatic carbocycles. The van der Waals surface area contributed by atoms with Gasteiger partial charge in [-0.15, -0.1) is 0 Å². The Hall–Kier alpha value is -3.15. The summed E-state index contributed by atoms with van der Waals surface area (Å²) in [6.07, 6.45) is 2.71. The molecule has 0 saturated heterocycles. The number of nitrogens with zero attached hydrogens (tertiary/aromatic N) is 2. The first-order chi connectivity index (χ1) is 13.5. The Kier molecular flexibility index (Phi) is 6.09. The highest BCUT2D eigenvalue weighted by molar-refractivity contribution is 5.56. The Balaban J connectivity index is 1.58. The van der Waals surface area contributed by atoms with Crippen LogP contribution in [0, 0.1) is 13.8 Å². The molecule has 1 unspecified atom stereocenters. The number of benzene rings is 1. The van der Waals surface area contributed by atoms with E-state index in [0.717, 1.165) is 35.8 Å². The number of nitrogens with one attached hydrogen (secondary N) is 2.